The van der Waals surface area contributed by atoms with E-state index in [-0.39, 0.29) is 0 Å². The molecule has 0 aromatic rings. The first-order chi connectivity index (χ1) is 8.35. The number of piperidine rings is 1. The number of nitrogens with zero attached hydrogens (tertiary/aromatic N) is 1. The molecule has 1 heterocycles. The largest absolute Gasteiger partial charge is 0.444 e. The van der Waals surface area contributed by atoms with Crippen molar-refractivity contribution in [1.82, 2.24) is 10.2 Å². The Hall–Kier alpha value is -0.840. The van der Waals surface area contributed by atoms with Crippen LogP contribution in [0.4, 0.5) is 9.18 Å². The molecule has 0 spiro atoms. The fourth-order valence-corrected chi connectivity index (χ4v) is 2.32. The van der Waals surface area contributed by atoms with Gasteiger partial charge in [-0.2, -0.15) is 0 Å². The van der Waals surface area contributed by atoms with E-state index in [4.69, 9.17) is 4.74 Å². The Balaban J connectivity index is 1.78. The third-order valence-electron chi connectivity index (χ3n) is 3.34. The summed E-state index contributed by atoms with van der Waals surface area (Å²) in [6, 6.07) is 0.181. The van der Waals surface area contributed by atoms with E-state index < -0.39 is 23.9 Å². The second kappa shape index (κ2) is 5.03. The number of hydrogen-bond donors (Lipinski definition) is 1. The SMILES string of the molecule is CC(C)(C)OC(=O)N[C@@H]1CCN(C2CC2)C[C@@H]1F. The van der Waals surface area contributed by atoms with Gasteiger partial charge in [-0.25, -0.2) is 9.18 Å². The maximum absolute atomic E-state index is 14.0. The van der Waals surface area contributed by atoms with E-state index in [1.54, 1.807) is 20.8 Å². The standard InChI is InChI=1S/C13H23FN2O2/c1-13(2,3)18-12(17)15-11-6-7-16(8-10(11)14)9-4-5-9/h9-11H,4-8H2,1-3H3,(H,15,17)/t10-,11+/m0/s1. The van der Waals surface area contributed by atoms with Crippen LogP contribution in [0.1, 0.15) is 40.0 Å². The second-order valence-electron chi connectivity index (χ2n) is 6.28. The monoisotopic (exact) mass is 258 g/mol. The lowest BCUT2D eigenvalue weighted by Gasteiger charge is -2.35. The van der Waals surface area contributed by atoms with Crippen molar-refractivity contribution in [3.63, 3.8) is 0 Å². The van der Waals surface area contributed by atoms with Crippen molar-refractivity contribution in [3.05, 3.63) is 0 Å². The number of carbonyl (C=O) groups is 1. The van der Waals surface area contributed by atoms with Gasteiger partial charge in [0.15, 0.2) is 0 Å². The molecule has 0 aromatic carbocycles. The molecule has 0 unspecified atom stereocenters. The van der Waals surface area contributed by atoms with Gasteiger partial charge in [-0.1, -0.05) is 0 Å². The molecule has 1 saturated heterocycles. The summed E-state index contributed by atoms with van der Waals surface area (Å²) in [4.78, 5) is 13.8. The average Bonchev–Trinajstić information content (AvgIpc) is 3.01. The molecule has 1 saturated carbocycles. The van der Waals surface area contributed by atoms with Gasteiger partial charge < -0.3 is 10.1 Å². The van der Waals surface area contributed by atoms with Crippen LogP contribution < -0.4 is 5.32 Å². The van der Waals surface area contributed by atoms with Crippen molar-refractivity contribution in [2.45, 2.75) is 63.9 Å². The topological polar surface area (TPSA) is 41.6 Å². The summed E-state index contributed by atoms with van der Waals surface area (Å²) in [7, 11) is 0. The lowest BCUT2D eigenvalue weighted by atomic mass is 10.0. The van der Waals surface area contributed by atoms with Crippen LogP contribution in [0.3, 0.4) is 0 Å². The van der Waals surface area contributed by atoms with Crippen LogP contribution in [0.5, 0.6) is 0 Å². The number of halogens is 1. The first-order valence-electron chi connectivity index (χ1n) is 6.73. The molecule has 5 heteroatoms. The van der Waals surface area contributed by atoms with E-state index >= 15 is 0 Å². The molecule has 0 bridgehead atoms. The van der Waals surface area contributed by atoms with E-state index in [0.29, 0.717) is 19.0 Å². The first kappa shape index (κ1) is 13.6. The van der Waals surface area contributed by atoms with Gasteiger partial charge in [-0.3, -0.25) is 4.90 Å². The Morgan fingerprint density at radius 1 is 1.33 bits per heavy atom. The van der Waals surface area contributed by atoms with Crippen LogP contribution in [-0.2, 0) is 4.74 Å². The van der Waals surface area contributed by atoms with Crippen molar-refractivity contribution in [3.8, 4) is 0 Å². The van der Waals surface area contributed by atoms with Crippen molar-refractivity contribution < 1.29 is 13.9 Å². The van der Waals surface area contributed by atoms with Crippen LogP contribution in [0.15, 0.2) is 0 Å². The zero-order valence-electron chi connectivity index (χ0n) is 11.4. The van der Waals surface area contributed by atoms with Gasteiger partial charge in [-0.15, -0.1) is 0 Å². The quantitative estimate of drug-likeness (QED) is 0.824. The van der Waals surface area contributed by atoms with Gasteiger partial charge in [-0.05, 0) is 40.0 Å². The lowest BCUT2D eigenvalue weighted by molar-refractivity contribution is 0.0391. The number of alkyl halides is 1. The highest BCUT2D eigenvalue weighted by Gasteiger charge is 2.37. The maximum atomic E-state index is 14.0. The van der Waals surface area contributed by atoms with Crippen LogP contribution in [-0.4, -0.2) is 47.9 Å². The Labute approximate surface area is 108 Å². The van der Waals surface area contributed by atoms with Gasteiger partial charge in [0.05, 0.1) is 6.04 Å². The van der Waals surface area contributed by atoms with Crippen molar-refractivity contribution in [2.75, 3.05) is 13.1 Å². The highest BCUT2D eigenvalue weighted by Crippen LogP contribution is 2.30. The normalized spacial score (nSPS) is 30.0. The summed E-state index contributed by atoms with van der Waals surface area (Å²) in [6.45, 7) is 6.70. The molecular weight excluding hydrogens is 235 g/mol. The van der Waals surface area contributed by atoms with Crippen LogP contribution in [0.2, 0.25) is 0 Å². The Morgan fingerprint density at radius 3 is 2.50 bits per heavy atom. The number of rotatable bonds is 2. The van der Waals surface area contributed by atoms with Gasteiger partial charge in [0, 0.05) is 19.1 Å². The van der Waals surface area contributed by atoms with Crippen molar-refractivity contribution >= 4 is 6.09 Å². The van der Waals surface area contributed by atoms with Crippen molar-refractivity contribution in [1.29, 1.82) is 0 Å². The van der Waals surface area contributed by atoms with Gasteiger partial charge in [0.1, 0.15) is 11.8 Å². The molecule has 0 aromatic heterocycles. The van der Waals surface area contributed by atoms with E-state index in [1.165, 1.54) is 12.8 Å². The number of carbonyl (C=O) groups excluding carboxylic acids is 1. The number of likely N-dealkylation sites (tertiary alicyclic amines) is 1. The molecule has 2 fully saturated rings. The predicted octanol–water partition coefficient (Wildman–Crippen LogP) is 2.09. The molecule has 1 aliphatic carbocycles. The summed E-state index contributed by atoms with van der Waals surface area (Å²) < 4.78 is 19.1. The summed E-state index contributed by atoms with van der Waals surface area (Å²) in [6.07, 6.45) is 1.53. The number of hydrogen-bond acceptors (Lipinski definition) is 3. The molecule has 104 valence electrons. The Morgan fingerprint density at radius 2 is 2.00 bits per heavy atom. The lowest BCUT2D eigenvalue weighted by Crippen LogP contribution is -2.53. The molecule has 1 amide bonds. The first-order valence-corrected chi connectivity index (χ1v) is 6.73. The smallest absolute Gasteiger partial charge is 0.407 e. The second-order valence-corrected chi connectivity index (χ2v) is 6.28. The zero-order valence-corrected chi connectivity index (χ0v) is 11.4. The molecule has 18 heavy (non-hydrogen) atoms. The van der Waals surface area contributed by atoms with E-state index in [2.05, 4.69) is 10.2 Å². The van der Waals surface area contributed by atoms with Gasteiger partial charge >= 0.3 is 6.09 Å². The third kappa shape index (κ3) is 3.83. The minimum Gasteiger partial charge on any atom is -0.444 e. The molecule has 1 N–H and O–H groups in total. The van der Waals surface area contributed by atoms with Crippen molar-refractivity contribution in [2.24, 2.45) is 0 Å². The number of alkyl carbamates (subject to hydrolysis) is 1. The summed E-state index contributed by atoms with van der Waals surface area (Å²) in [5, 5.41) is 2.64. The van der Waals surface area contributed by atoms with E-state index in [0.717, 1.165) is 6.54 Å². The van der Waals surface area contributed by atoms with E-state index in [1.807, 2.05) is 0 Å². The number of amides is 1. The number of ether oxygens (including phenoxy) is 1. The fraction of sp³-hybridized carbons (Fsp3) is 0.923. The summed E-state index contributed by atoms with van der Waals surface area (Å²) in [5.74, 6) is 0. The zero-order chi connectivity index (χ0) is 13.3. The molecule has 2 rings (SSSR count). The average molecular weight is 258 g/mol. The van der Waals surface area contributed by atoms with Crippen LogP contribution >= 0.6 is 0 Å². The molecule has 1 aliphatic heterocycles. The molecule has 0 radical (unpaired) electrons. The minimum atomic E-state index is -0.994. The number of nitrogens with one attached hydrogen (secondary N) is 1. The predicted molar refractivity (Wildman–Crippen MR) is 67.3 cm³/mol. The molecule has 2 atom stereocenters. The summed E-state index contributed by atoms with van der Waals surface area (Å²) in [5.41, 5.74) is -0.537. The van der Waals surface area contributed by atoms with E-state index in [9.17, 15) is 9.18 Å². The van der Waals surface area contributed by atoms with Crippen LogP contribution in [0.25, 0.3) is 0 Å². The Bertz CT molecular complexity index is 313. The molecule has 4 nitrogen and oxygen atoms in total. The molecule has 2 aliphatic rings. The van der Waals surface area contributed by atoms with Gasteiger partial charge in [0.25, 0.3) is 0 Å². The third-order valence-corrected chi connectivity index (χ3v) is 3.34. The highest BCUT2D eigenvalue weighted by atomic mass is 19.1. The highest BCUT2D eigenvalue weighted by molar-refractivity contribution is 5.68. The minimum absolute atomic E-state index is 0.408. The molecular formula is C13H23FN2O2. The van der Waals surface area contributed by atoms with Crippen LogP contribution in [0, 0.1) is 0 Å². The fourth-order valence-electron chi connectivity index (χ4n) is 2.32. The maximum Gasteiger partial charge on any atom is 0.407 e. The summed E-state index contributed by atoms with van der Waals surface area (Å²) >= 11 is 0. The Kier molecular flexibility index (Phi) is 3.80. The van der Waals surface area contributed by atoms with Gasteiger partial charge in [0.2, 0.25) is 0 Å².